The van der Waals surface area contributed by atoms with Crippen LogP contribution >= 0.6 is 11.6 Å². The van der Waals surface area contributed by atoms with Crippen LogP contribution in [-0.2, 0) is 4.79 Å². The number of urea groups is 1. The van der Waals surface area contributed by atoms with Crippen LogP contribution in [0, 0.1) is 6.92 Å². The van der Waals surface area contributed by atoms with Gasteiger partial charge in [0.25, 0.3) is 0 Å². The molecule has 0 aromatic heterocycles. The number of halogens is 1. The number of hydrogen-bond donors (Lipinski definition) is 2. The van der Waals surface area contributed by atoms with Crippen LogP contribution in [0.2, 0.25) is 5.02 Å². The lowest BCUT2D eigenvalue weighted by atomic mass is 9.85. The molecule has 2 aromatic rings. The van der Waals surface area contributed by atoms with Crippen LogP contribution in [0.15, 0.2) is 48.5 Å². The highest BCUT2D eigenvalue weighted by molar-refractivity contribution is 6.30. The molecule has 0 radical (unpaired) electrons. The summed E-state index contributed by atoms with van der Waals surface area (Å²) in [5.41, 5.74) is 3.23. The van der Waals surface area contributed by atoms with E-state index in [1.165, 1.54) is 5.56 Å². The van der Waals surface area contributed by atoms with E-state index in [0.717, 1.165) is 11.1 Å². The Hall–Kier alpha value is -2.33. The molecule has 0 aliphatic carbocycles. The maximum absolute atomic E-state index is 12.6. The van der Waals surface area contributed by atoms with Crippen molar-refractivity contribution in [1.29, 1.82) is 0 Å². The monoisotopic (exact) mass is 342 g/mol. The Morgan fingerprint density at radius 3 is 2.58 bits per heavy atom. The predicted octanol–water partition coefficient (Wildman–Crippen LogP) is 3.42. The fourth-order valence-corrected chi connectivity index (χ4v) is 3.14. The number of nitrogens with one attached hydrogen (secondary N) is 2. The molecule has 0 bridgehead atoms. The highest BCUT2D eigenvalue weighted by atomic mass is 35.5. The second kappa shape index (κ2) is 7.05. The molecule has 2 N–H and O–H groups in total. The van der Waals surface area contributed by atoms with E-state index in [-0.39, 0.29) is 17.7 Å². The summed E-state index contributed by atoms with van der Waals surface area (Å²) >= 11 is 6.13. The lowest BCUT2D eigenvalue weighted by Crippen LogP contribution is -2.35. The molecule has 1 unspecified atom stereocenters. The minimum absolute atomic E-state index is 0.0129. The lowest BCUT2D eigenvalue weighted by molar-refractivity contribution is -0.120. The van der Waals surface area contributed by atoms with Gasteiger partial charge in [0.05, 0.1) is 0 Å². The van der Waals surface area contributed by atoms with E-state index in [9.17, 15) is 9.59 Å². The molecule has 4 nitrogen and oxygen atoms in total. The molecule has 1 aliphatic heterocycles. The third-order valence-electron chi connectivity index (χ3n) is 4.30. The lowest BCUT2D eigenvalue weighted by Gasteiger charge is -2.19. The summed E-state index contributed by atoms with van der Waals surface area (Å²) in [7, 11) is 0. The van der Waals surface area contributed by atoms with Gasteiger partial charge in [-0.25, -0.2) is 4.79 Å². The van der Waals surface area contributed by atoms with Gasteiger partial charge < -0.3 is 10.6 Å². The Morgan fingerprint density at radius 1 is 1.21 bits per heavy atom. The molecule has 1 heterocycles. The van der Waals surface area contributed by atoms with Crippen molar-refractivity contribution in [1.82, 2.24) is 10.6 Å². The van der Waals surface area contributed by atoms with E-state index in [0.29, 0.717) is 18.0 Å². The van der Waals surface area contributed by atoms with Crippen molar-refractivity contribution in [2.45, 2.75) is 25.3 Å². The number of ketones is 1. The van der Waals surface area contributed by atoms with Crippen molar-refractivity contribution in [3.8, 4) is 0 Å². The fourth-order valence-electron chi connectivity index (χ4n) is 2.94. The van der Waals surface area contributed by atoms with Crippen molar-refractivity contribution in [2.75, 3.05) is 6.54 Å². The van der Waals surface area contributed by atoms with Crippen molar-refractivity contribution in [3.05, 3.63) is 70.2 Å². The minimum atomic E-state index is -0.468. The molecular formula is C19H19ClN2O2. The smallest absolute Gasteiger partial charge is 0.315 e. The molecule has 2 atom stereocenters. The standard InChI is InChI=1S/C19H19ClN2O2/c1-12-5-7-13(8-6-12)16(14-3-2-4-15(20)9-14)10-18(23)17-11-21-19(24)22-17/h2-9,16-17H,10-11H2,1H3,(H2,21,22,24)/t16?,17-/m0/s1. The van der Waals surface area contributed by atoms with Gasteiger partial charge in [0.15, 0.2) is 5.78 Å². The summed E-state index contributed by atoms with van der Waals surface area (Å²) < 4.78 is 0. The van der Waals surface area contributed by atoms with Crippen molar-refractivity contribution < 1.29 is 9.59 Å². The van der Waals surface area contributed by atoms with Crippen LogP contribution in [0.5, 0.6) is 0 Å². The van der Waals surface area contributed by atoms with Crippen molar-refractivity contribution >= 4 is 23.4 Å². The Labute approximate surface area is 146 Å². The third-order valence-corrected chi connectivity index (χ3v) is 4.53. The summed E-state index contributed by atoms with van der Waals surface area (Å²) in [6, 6.07) is 15.0. The second-order valence-electron chi connectivity index (χ2n) is 6.10. The SMILES string of the molecule is Cc1ccc(C(CC(=O)[C@@H]2CNC(=O)N2)c2cccc(Cl)c2)cc1. The van der Waals surface area contributed by atoms with Gasteiger partial charge in [0, 0.05) is 23.9 Å². The van der Waals surface area contributed by atoms with Gasteiger partial charge >= 0.3 is 6.03 Å². The van der Waals surface area contributed by atoms with Crippen LogP contribution in [0.25, 0.3) is 0 Å². The number of aryl methyl sites for hydroxylation is 1. The molecule has 1 aliphatic rings. The molecule has 124 valence electrons. The van der Waals surface area contributed by atoms with Gasteiger partial charge in [-0.15, -0.1) is 0 Å². The van der Waals surface area contributed by atoms with E-state index < -0.39 is 6.04 Å². The van der Waals surface area contributed by atoms with E-state index in [1.54, 1.807) is 0 Å². The molecular weight excluding hydrogens is 324 g/mol. The van der Waals surface area contributed by atoms with Gasteiger partial charge in [0.1, 0.15) is 6.04 Å². The number of carbonyl (C=O) groups is 2. The number of rotatable bonds is 5. The zero-order valence-corrected chi connectivity index (χ0v) is 14.1. The van der Waals surface area contributed by atoms with Crippen LogP contribution in [-0.4, -0.2) is 24.4 Å². The Bertz CT molecular complexity index is 758. The van der Waals surface area contributed by atoms with Crippen molar-refractivity contribution in [3.63, 3.8) is 0 Å². The molecule has 5 heteroatoms. The quantitative estimate of drug-likeness (QED) is 0.874. The average molecular weight is 343 g/mol. The summed E-state index contributed by atoms with van der Waals surface area (Å²) in [5.74, 6) is -0.0757. The molecule has 0 saturated carbocycles. The van der Waals surface area contributed by atoms with Crippen molar-refractivity contribution in [2.24, 2.45) is 0 Å². The van der Waals surface area contributed by atoms with Gasteiger partial charge in [-0.1, -0.05) is 53.6 Å². The van der Waals surface area contributed by atoms with Crippen LogP contribution in [0.3, 0.4) is 0 Å². The zero-order chi connectivity index (χ0) is 17.1. The van der Waals surface area contributed by atoms with E-state index in [2.05, 4.69) is 10.6 Å². The first-order valence-corrected chi connectivity index (χ1v) is 8.30. The summed E-state index contributed by atoms with van der Waals surface area (Å²) in [4.78, 5) is 23.9. The predicted molar refractivity (Wildman–Crippen MR) is 94.4 cm³/mol. The zero-order valence-electron chi connectivity index (χ0n) is 13.4. The molecule has 1 fully saturated rings. The molecule has 24 heavy (non-hydrogen) atoms. The molecule has 1 saturated heterocycles. The Kier molecular flexibility index (Phi) is 4.86. The highest BCUT2D eigenvalue weighted by Gasteiger charge is 2.29. The number of carbonyl (C=O) groups excluding carboxylic acids is 2. The maximum atomic E-state index is 12.6. The number of hydrogen-bond acceptors (Lipinski definition) is 2. The third kappa shape index (κ3) is 3.77. The largest absolute Gasteiger partial charge is 0.336 e. The van der Waals surface area contributed by atoms with E-state index in [4.69, 9.17) is 11.6 Å². The Morgan fingerprint density at radius 2 is 1.96 bits per heavy atom. The van der Waals surface area contributed by atoms with Gasteiger partial charge in [-0.2, -0.15) is 0 Å². The van der Waals surface area contributed by atoms with Gasteiger partial charge in [0.2, 0.25) is 0 Å². The molecule has 2 amide bonds. The topological polar surface area (TPSA) is 58.2 Å². The summed E-state index contributed by atoms with van der Waals surface area (Å²) in [6.45, 7) is 2.37. The molecule has 2 aromatic carbocycles. The van der Waals surface area contributed by atoms with E-state index in [1.807, 2.05) is 55.5 Å². The van der Waals surface area contributed by atoms with Crippen LogP contribution < -0.4 is 10.6 Å². The summed E-state index contributed by atoms with van der Waals surface area (Å²) in [5, 5.41) is 5.93. The first-order valence-electron chi connectivity index (χ1n) is 7.92. The first kappa shape index (κ1) is 16.5. The minimum Gasteiger partial charge on any atom is -0.336 e. The first-order chi connectivity index (χ1) is 11.5. The highest BCUT2D eigenvalue weighted by Crippen LogP contribution is 2.30. The Balaban J connectivity index is 1.88. The van der Waals surface area contributed by atoms with E-state index >= 15 is 0 Å². The molecule has 3 rings (SSSR count). The summed E-state index contributed by atoms with van der Waals surface area (Å²) in [6.07, 6.45) is 0.316. The fraction of sp³-hybridized carbons (Fsp3) is 0.263. The van der Waals surface area contributed by atoms with Gasteiger partial charge in [-0.05, 0) is 30.2 Å². The second-order valence-corrected chi connectivity index (χ2v) is 6.53. The maximum Gasteiger partial charge on any atom is 0.315 e. The number of benzene rings is 2. The normalized spacial score (nSPS) is 17.9. The van der Waals surface area contributed by atoms with Gasteiger partial charge in [-0.3, -0.25) is 4.79 Å². The number of Topliss-reactive ketones (excluding diaryl/α,β-unsaturated/α-hetero) is 1. The average Bonchev–Trinajstić information content (AvgIpc) is 3.00. The van der Waals surface area contributed by atoms with Crippen LogP contribution in [0.1, 0.15) is 29.0 Å². The molecule has 0 spiro atoms. The number of amides is 2. The van der Waals surface area contributed by atoms with Crippen LogP contribution in [0.4, 0.5) is 4.79 Å².